The summed E-state index contributed by atoms with van der Waals surface area (Å²) >= 11 is 0. The molecule has 1 saturated heterocycles. The molecule has 1 aliphatic rings. The Morgan fingerprint density at radius 3 is 2.75 bits per heavy atom. The van der Waals surface area contributed by atoms with Crippen molar-refractivity contribution in [1.29, 1.82) is 0 Å². The van der Waals surface area contributed by atoms with E-state index in [0.717, 1.165) is 25.3 Å². The predicted octanol–water partition coefficient (Wildman–Crippen LogP) is 2.23. The lowest BCUT2D eigenvalue weighted by atomic mass is 10.1. The Kier molecular flexibility index (Phi) is 5.05. The van der Waals surface area contributed by atoms with E-state index in [1.165, 1.54) is 6.42 Å². The molecule has 1 fully saturated rings. The number of hydrogen-bond donors (Lipinski definition) is 1. The molecular formula is C15H24N2O2S. The van der Waals surface area contributed by atoms with Gasteiger partial charge in [0.15, 0.2) is 9.84 Å². The lowest BCUT2D eigenvalue weighted by Gasteiger charge is -2.15. The van der Waals surface area contributed by atoms with Crippen molar-refractivity contribution in [2.45, 2.75) is 24.7 Å². The third-order valence-electron chi connectivity index (χ3n) is 3.77. The van der Waals surface area contributed by atoms with Crippen LogP contribution in [0.5, 0.6) is 0 Å². The molecule has 1 atom stereocenters. The van der Waals surface area contributed by atoms with Gasteiger partial charge < -0.3 is 10.2 Å². The van der Waals surface area contributed by atoms with Crippen molar-refractivity contribution in [2.24, 2.45) is 5.92 Å². The minimum atomic E-state index is -3.17. The quantitative estimate of drug-likeness (QED) is 0.874. The van der Waals surface area contributed by atoms with Crippen LogP contribution in [0, 0.1) is 5.92 Å². The van der Waals surface area contributed by atoms with E-state index in [9.17, 15) is 8.42 Å². The maximum Gasteiger partial charge on any atom is 0.180 e. The summed E-state index contributed by atoms with van der Waals surface area (Å²) in [5, 5.41) is 3.33. The van der Waals surface area contributed by atoms with Crippen molar-refractivity contribution in [1.82, 2.24) is 4.90 Å². The number of para-hydroxylation sites is 1. The Hall–Kier alpha value is -1.07. The van der Waals surface area contributed by atoms with Gasteiger partial charge in [-0.1, -0.05) is 19.1 Å². The molecule has 0 spiro atoms. The largest absolute Gasteiger partial charge is 0.384 e. The third-order valence-corrected chi connectivity index (χ3v) is 5.74. The first-order valence-electron chi connectivity index (χ1n) is 7.27. The minimum Gasteiger partial charge on any atom is -0.384 e. The highest BCUT2D eigenvalue weighted by Crippen LogP contribution is 2.24. The van der Waals surface area contributed by atoms with Gasteiger partial charge in [0.05, 0.1) is 16.3 Å². The van der Waals surface area contributed by atoms with Gasteiger partial charge in [-0.05, 0) is 44.5 Å². The fourth-order valence-corrected chi connectivity index (χ4v) is 4.23. The number of rotatable bonds is 6. The summed E-state index contributed by atoms with van der Waals surface area (Å²) in [6.07, 6.45) is 1.82. The first-order chi connectivity index (χ1) is 9.53. The van der Waals surface area contributed by atoms with Crippen LogP contribution in [0.3, 0.4) is 0 Å². The lowest BCUT2D eigenvalue weighted by molar-refractivity contribution is 0.399. The Labute approximate surface area is 122 Å². The molecule has 0 amide bonds. The lowest BCUT2D eigenvalue weighted by Crippen LogP contribution is -2.20. The number of anilines is 1. The van der Waals surface area contributed by atoms with Gasteiger partial charge in [-0.2, -0.15) is 0 Å². The second-order valence-electron chi connectivity index (χ2n) is 5.61. The second-order valence-corrected chi connectivity index (χ2v) is 7.69. The molecule has 0 aliphatic carbocycles. The van der Waals surface area contributed by atoms with Gasteiger partial charge in [0.25, 0.3) is 0 Å². The van der Waals surface area contributed by atoms with Crippen LogP contribution >= 0.6 is 0 Å². The topological polar surface area (TPSA) is 49.4 Å². The van der Waals surface area contributed by atoms with Crippen LogP contribution in [0.15, 0.2) is 29.2 Å². The molecule has 0 bridgehead atoms. The van der Waals surface area contributed by atoms with Crippen LogP contribution in [0.1, 0.15) is 19.8 Å². The fourth-order valence-electron chi connectivity index (χ4n) is 2.71. The maximum atomic E-state index is 12.3. The van der Waals surface area contributed by atoms with Crippen LogP contribution in [-0.4, -0.2) is 45.8 Å². The van der Waals surface area contributed by atoms with Crippen molar-refractivity contribution in [3.63, 3.8) is 0 Å². The van der Waals surface area contributed by atoms with E-state index < -0.39 is 9.84 Å². The van der Waals surface area contributed by atoms with Crippen molar-refractivity contribution in [3.05, 3.63) is 24.3 Å². The summed E-state index contributed by atoms with van der Waals surface area (Å²) in [6, 6.07) is 7.24. The van der Waals surface area contributed by atoms with Crippen molar-refractivity contribution in [2.75, 3.05) is 37.8 Å². The van der Waals surface area contributed by atoms with Gasteiger partial charge in [0, 0.05) is 13.1 Å². The van der Waals surface area contributed by atoms with Crippen molar-refractivity contribution >= 4 is 15.5 Å². The zero-order valence-electron chi connectivity index (χ0n) is 12.3. The van der Waals surface area contributed by atoms with Crippen LogP contribution < -0.4 is 5.32 Å². The highest BCUT2D eigenvalue weighted by atomic mass is 32.2. The van der Waals surface area contributed by atoms with E-state index in [0.29, 0.717) is 17.2 Å². The Morgan fingerprint density at radius 1 is 1.35 bits per heavy atom. The first-order valence-corrected chi connectivity index (χ1v) is 8.92. The van der Waals surface area contributed by atoms with Crippen LogP contribution in [0.4, 0.5) is 5.69 Å². The molecule has 5 heteroatoms. The smallest absolute Gasteiger partial charge is 0.180 e. The number of sulfone groups is 1. The Morgan fingerprint density at radius 2 is 2.10 bits per heavy atom. The summed E-state index contributed by atoms with van der Waals surface area (Å²) < 4.78 is 24.5. The highest BCUT2D eigenvalue weighted by molar-refractivity contribution is 7.91. The molecule has 112 valence electrons. The van der Waals surface area contributed by atoms with E-state index in [1.807, 2.05) is 19.1 Å². The average Bonchev–Trinajstić information content (AvgIpc) is 2.82. The van der Waals surface area contributed by atoms with Crippen LogP contribution in [0.2, 0.25) is 0 Å². The Bertz CT molecular complexity index is 543. The highest BCUT2D eigenvalue weighted by Gasteiger charge is 2.21. The molecule has 1 N–H and O–H groups in total. The van der Waals surface area contributed by atoms with Crippen molar-refractivity contribution in [3.8, 4) is 0 Å². The monoisotopic (exact) mass is 296 g/mol. The fraction of sp³-hybridized carbons (Fsp3) is 0.600. The van der Waals surface area contributed by atoms with Crippen LogP contribution in [0.25, 0.3) is 0 Å². The summed E-state index contributed by atoms with van der Waals surface area (Å²) in [5.74, 6) is 0.805. The SMILES string of the molecule is CCCS(=O)(=O)c1ccccc1NCC1CCN(C)C1. The molecule has 1 aromatic carbocycles. The van der Waals surface area contributed by atoms with Gasteiger partial charge in [-0.15, -0.1) is 0 Å². The summed E-state index contributed by atoms with van der Waals surface area (Å²) in [7, 11) is -1.05. The maximum absolute atomic E-state index is 12.3. The van der Waals surface area contributed by atoms with Crippen molar-refractivity contribution < 1.29 is 8.42 Å². The normalized spacial score (nSPS) is 20.2. The zero-order chi connectivity index (χ0) is 14.6. The van der Waals surface area contributed by atoms with Gasteiger partial charge in [-0.3, -0.25) is 0 Å². The molecule has 4 nitrogen and oxygen atoms in total. The number of hydrogen-bond acceptors (Lipinski definition) is 4. The molecule has 0 saturated carbocycles. The predicted molar refractivity (Wildman–Crippen MR) is 82.9 cm³/mol. The standard InChI is InChI=1S/C15H24N2O2S/c1-3-10-20(18,19)15-7-5-4-6-14(15)16-11-13-8-9-17(2)12-13/h4-7,13,16H,3,8-12H2,1-2H3. The molecule has 1 heterocycles. The average molecular weight is 296 g/mol. The van der Waals surface area contributed by atoms with Gasteiger partial charge in [0.1, 0.15) is 0 Å². The van der Waals surface area contributed by atoms with E-state index in [-0.39, 0.29) is 5.75 Å². The summed E-state index contributed by atoms with van der Waals surface area (Å²) in [6.45, 7) is 4.93. The van der Waals surface area contributed by atoms with Gasteiger partial charge >= 0.3 is 0 Å². The Balaban J connectivity index is 2.08. The molecule has 20 heavy (non-hydrogen) atoms. The molecule has 1 aromatic rings. The minimum absolute atomic E-state index is 0.206. The summed E-state index contributed by atoms with van der Waals surface area (Å²) in [5.41, 5.74) is 0.746. The third kappa shape index (κ3) is 3.73. The molecule has 0 radical (unpaired) electrons. The van der Waals surface area contributed by atoms with E-state index in [4.69, 9.17) is 0 Å². The second kappa shape index (κ2) is 6.59. The zero-order valence-corrected chi connectivity index (χ0v) is 13.1. The van der Waals surface area contributed by atoms with Gasteiger partial charge in [-0.25, -0.2) is 8.42 Å². The molecular weight excluding hydrogens is 272 g/mol. The van der Waals surface area contributed by atoms with E-state index >= 15 is 0 Å². The van der Waals surface area contributed by atoms with Crippen LogP contribution in [-0.2, 0) is 9.84 Å². The van der Waals surface area contributed by atoms with Gasteiger partial charge in [0.2, 0.25) is 0 Å². The molecule has 2 rings (SSSR count). The number of nitrogens with one attached hydrogen (secondary N) is 1. The summed E-state index contributed by atoms with van der Waals surface area (Å²) in [4.78, 5) is 2.75. The molecule has 1 unspecified atom stereocenters. The first kappa shape index (κ1) is 15.3. The molecule has 0 aromatic heterocycles. The molecule has 1 aliphatic heterocycles. The number of likely N-dealkylation sites (tertiary alicyclic amines) is 1. The number of nitrogens with zero attached hydrogens (tertiary/aromatic N) is 1. The number of benzene rings is 1. The van der Waals surface area contributed by atoms with E-state index in [1.54, 1.807) is 12.1 Å². The van der Waals surface area contributed by atoms with E-state index in [2.05, 4.69) is 17.3 Å².